The molecule has 0 unspecified atom stereocenters. The van der Waals surface area contributed by atoms with Crippen LogP contribution in [-0.2, 0) is 26.6 Å². The van der Waals surface area contributed by atoms with Crippen LogP contribution in [0.15, 0.2) is 40.8 Å². The van der Waals surface area contributed by atoms with E-state index in [0.717, 1.165) is 10.4 Å². The number of aliphatic imine (C=N–C) groups is 2. The Morgan fingerprint density at radius 3 is 2.91 bits per heavy atom. The lowest BCUT2D eigenvalue weighted by Crippen LogP contribution is -2.11. The number of carbonyl (C=O) groups is 1. The van der Waals surface area contributed by atoms with Gasteiger partial charge >= 0.3 is 0 Å². The van der Waals surface area contributed by atoms with Crippen molar-refractivity contribution in [1.82, 2.24) is 24.9 Å². The summed E-state index contributed by atoms with van der Waals surface area (Å²) in [5.41, 5.74) is 3.01. The summed E-state index contributed by atoms with van der Waals surface area (Å²) in [5.74, 6) is -0.326. The Hall–Kier alpha value is -3.95. The van der Waals surface area contributed by atoms with Gasteiger partial charge < -0.3 is 10.6 Å². The minimum absolute atomic E-state index is 0.131. The molecular formula is C23H26FN9OS. The zero-order valence-electron chi connectivity index (χ0n) is 19.5. The highest BCUT2D eigenvalue weighted by Gasteiger charge is 2.20. The second kappa shape index (κ2) is 12.5. The first-order valence-electron chi connectivity index (χ1n) is 10.8. The van der Waals surface area contributed by atoms with Crippen molar-refractivity contribution >= 4 is 40.8 Å². The highest BCUT2D eigenvalue weighted by Crippen LogP contribution is 2.34. The van der Waals surface area contributed by atoms with Crippen LogP contribution in [0.1, 0.15) is 32.1 Å². The molecule has 10 nitrogen and oxygen atoms in total. The van der Waals surface area contributed by atoms with Crippen LogP contribution in [0.25, 0.3) is 5.57 Å². The maximum absolute atomic E-state index is 12.8. The van der Waals surface area contributed by atoms with Gasteiger partial charge in [-0.25, -0.2) is 4.39 Å². The maximum atomic E-state index is 12.8. The van der Waals surface area contributed by atoms with Gasteiger partial charge in [0.25, 0.3) is 5.91 Å². The lowest BCUT2D eigenvalue weighted by molar-refractivity contribution is 0.102. The molecule has 3 rings (SSSR count). The summed E-state index contributed by atoms with van der Waals surface area (Å²) in [6.07, 6.45) is 8.35. The Morgan fingerprint density at radius 2 is 2.26 bits per heavy atom. The fraction of sp³-hybridized carbons (Fsp3) is 0.304. The molecule has 35 heavy (non-hydrogen) atoms. The number of aryl methyl sites for hydroxylation is 2. The van der Waals surface area contributed by atoms with Crippen LogP contribution in [0.2, 0.25) is 0 Å². The van der Waals surface area contributed by atoms with E-state index >= 15 is 0 Å². The first kappa shape index (κ1) is 25.7. The fourth-order valence-electron chi connectivity index (χ4n) is 3.44. The highest BCUT2D eigenvalue weighted by atomic mass is 32.1. The van der Waals surface area contributed by atoms with E-state index in [1.807, 2.05) is 7.05 Å². The summed E-state index contributed by atoms with van der Waals surface area (Å²) in [7, 11) is 3.55. The van der Waals surface area contributed by atoms with Crippen molar-refractivity contribution in [2.24, 2.45) is 17.0 Å². The summed E-state index contributed by atoms with van der Waals surface area (Å²) >= 11 is 1.37. The van der Waals surface area contributed by atoms with Crippen LogP contribution in [-0.4, -0.2) is 58.7 Å². The zero-order valence-corrected chi connectivity index (χ0v) is 20.3. The van der Waals surface area contributed by atoms with Crippen molar-refractivity contribution in [2.75, 3.05) is 25.6 Å². The number of hydrogen-bond acceptors (Lipinski definition) is 8. The molecular weight excluding hydrogens is 469 g/mol. The fourth-order valence-corrected chi connectivity index (χ4v) is 4.64. The minimum Gasteiger partial charge on any atom is -0.315 e. The molecule has 0 atom stereocenters. The Morgan fingerprint density at radius 1 is 1.43 bits per heavy atom. The first-order valence-corrected chi connectivity index (χ1v) is 11.6. The van der Waals surface area contributed by atoms with Crippen molar-refractivity contribution in [2.45, 2.75) is 19.5 Å². The normalized spacial score (nSPS) is 11.7. The number of allylic oxidation sites excluding steroid dienone is 1. The van der Waals surface area contributed by atoms with Crippen LogP contribution in [0, 0.1) is 11.3 Å². The summed E-state index contributed by atoms with van der Waals surface area (Å²) in [5, 5.41) is 24.4. The number of rotatable bonds is 12. The van der Waals surface area contributed by atoms with E-state index in [4.69, 9.17) is 0 Å². The molecule has 0 aliphatic rings. The van der Waals surface area contributed by atoms with Gasteiger partial charge in [-0.15, -0.1) is 11.3 Å². The standard InChI is InChI=1S/C23H26FN9OS/c1-26-11-16(20-5-8-29-33(20)9-6-24)12-28-7-4-18-19(10-25)23(35-21(18)14-27-2)31-22(34)17-13-30-32(3)15-17/h5,8,11-13,15,27H,1,4,6-7,9,14H2,2-3H3,(H,31,34)/b16-11+,28-12-. The third-order valence-corrected chi connectivity index (χ3v) is 6.14. The average Bonchev–Trinajstić information content (AvgIpc) is 3.56. The monoisotopic (exact) mass is 495 g/mol. The first-order chi connectivity index (χ1) is 17.0. The van der Waals surface area contributed by atoms with Gasteiger partial charge in [-0.1, -0.05) is 0 Å². The lowest BCUT2D eigenvalue weighted by Gasteiger charge is -2.06. The number of nitrogens with zero attached hydrogens (tertiary/aromatic N) is 7. The van der Waals surface area contributed by atoms with E-state index in [0.29, 0.717) is 46.9 Å². The van der Waals surface area contributed by atoms with Crippen LogP contribution >= 0.6 is 11.3 Å². The summed E-state index contributed by atoms with van der Waals surface area (Å²) in [6, 6.07) is 3.99. The zero-order chi connectivity index (χ0) is 25.2. The quantitative estimate of drug-likeness (QED) is 0.374. The van der Waals surface area contributed by atoms with Gasteiger partial charge in [0.15, 0.2) is 0 Å². The van der Waals surface area contributed by atoms with Gasteiger partial charge in [-0.05, 0) is 31.8 Å². The second-order valence-electron chi connectivity index (χ2n) is 7.39. The smallest absolute Gasteiger partial charge is 0.259 e. The van der Waals surface area contributed by atoms with Crippen LogP contribution in [0.5, 0.6) is 0 Å². The number of halogens is 1. The summed E-state index contributed by atoms with van der Waals surface area (Å²) in [6.45, 7) is 4.03. The Bertz CT molecular complexity index is 1280. The number of amides is 1. The average molecular weight is 496 g/mol. The van der Waals surface area contributed by atoms with E-state index in [9.17, 15) is 14.4 Å². The van der Waals surface area contributed by atoms with Gasteiger partial charge in [0, 0.05) is 55.4 Å². The third-order valence-electron chi connectivity index (χ3n) is 4.99. The molecule has 0 fully saturated rings. The summed E-state index contributed by atoms with van der Waals surface area (Å²) in [4.78, 5) is 21.9. The van der Waals surface area contributed by atoms with Gasteiger partial charge in [0.2, 0.25) is 0 Å². The highest BCUT2D eigenvalue weighted by molar-refractivity contribution is 7.16. The second-order valence-corrected chi connectivity index (χ2v) is 8.49. The van der Waals surface area contributed by atoms with E-state index < -0.39 is 6.67 Å². The van der Waals surface area contributed by atoms with Gasteiger partial charge in [-0.3, -0.25) is 24.1 Å². The van der Waals surface area contributed by atoms with Gasteiger partial charge in [-0.2, -0.15) is 15.5 Å². The van der Waals surface area contributed by atoms with E-state index in [1.165, 1.54) is 22.2 Å². The Labute approximate surface area is 206 Å². The Kier molecular flexibility index (Phi) is 9.16. The molecule has 3 aromatic heterocycles. The molecule has 3 heterocycles. The van der Waals surface area contributed by atoms with Crippen LogP contribution in [0.4, 0.5) is 9.39 Å². The molecule has 0 radical (unpaired) electrons. The van der Waals surface area contributed by atoms with Crippen molar-refractivity contribution in [1.29, 1.82) is 5.26 Å². The molecule has 3 aromatic rings. The molecule has 0 aliphatic heterocycles. The van der Waals surface area contributed by atoms with E-state index in [-0.39, 0.29) is 12.5 Å². The van der Waals surface area contributed by atoms with Crippen LogP contribution in [0.3, 0.4) is 0 Å². The van der Waals surface area contributed by atoms with Crippen molar-refractivity contribution in [3.05, 3.63) is 58.1 Å². The minimum atomic E-state index is -0.538. The van der Waals surface area contributed by atoms with Crippen molar-refractivity contribution < 1.29 is 9.18 Å². The maximum Gasteiger partial charge on any atom is 0.259 e. The number of anilines is 1. The van der Waals surface area contributed by atoms with Crippen molar-refractivity contribution in [3.8, 4) is 6.07 Å². The molecule has 1 amide bonds. The van der Waals surface area contributed by atoms with Gasteiger partial charge in [0.1, 0.15) is 17.7 Å². The number of hydrogen-bond donors (Lipinski definition) is 2. The number of alkyl halides is 1. The molecule has 0 saturated heterocycles. The van der Waals surface area contributed by atoms with Crippen molar-refractivity contribution in [3.63, 3.8) is 0 Å². The van der Waals surface area contributed by atoms with E-state index in [1.54, 1.807) is 42.6 Å². The number of thiophene rings is 1. The molecule has 0 spiro atoms. The number of carbonyl (C=O) groups excluding carboxylic acids is 1. The lowest BCUT2D eigenvalue weighted by atomic mass is 10.1. The number of nitriles is 1. The predicted molar refractivity (Wildman–Crippen MR) is 136 cm³/mol. The predicted octanol–water partition coefficient (Wildman–Crippen LogP) is 2.85. The Balaban J connectivity index is 1.78. The molecule has 182 valence electrons. The topological polar surface area (TPSA) is 125 Å². The molecule has 0 bridgehead atoms. The number of aromatic nitrogens is 4. The number of nitrogens with one attached hydrogen (secondary N) is 2. The molecule has 12 heteroatoms. The molecule has 0 aromatic carbocycles. The third kappa shape index (κ3) is 6.34. The van der Waals surface area contributed by atoms with Crippen LogP contribution < -0.4 is 10.6 Å². The molecule has 0 aliphatic carbocycles. The SMILES string of the molecule is C=N/C=C(\C=N/CCc1c(CNC)sc(NC(=O)c2cnn(C)c2)c1C#N)c1ccnn1CCF. The molecule has 0 saturated carbocycles. The van der Waals surface area contributed by atoms with Gasteiger partial charge in [0.05, 0.1) is 29.6 Å². The molecule has 2 N–H and O–H groups in total. The van der Waals surface area contributed by atoms with E-state index in [2.05, 4.69) is 43.6 Å². The summed E-state index contributed by atoms with van der Waals surface area (Å²) < 4.78 is 15.9. The largest absolute Gasteiger partial charge is 0.315 e.